The molecule has 0 unspecified atom stereocenters. The Kier molecular flexibility index (Phi) is 3.93. The van der Waals surface area contributed by atoms with Crippen molar-refractivity contribution in [3.63, 3.8) is 0 Å². The summed E-state index contributed by atoms with van der Waals surface area (Å²) in [4.78, 5) is 18.7. The Balaban J connectivity index is 2.45. The van der Waals surface area contributed by atoms with Gasteiger partial charge in [-0.2, -0.15) is 13.2 Å². The molecule has 2 rings (SSSR count). The number of rotatable bonds is 3. The van der Waals surface area contributed by atoms with Gasteiger partial charge < -0.3 is 5.73 Å². The fourth-order valence-electron chi connectivity index (χ4n) is 1.37. The second-order valence-electron chi connectivity index (χ2n) is 3.68. The molecule has 2 heterocycles. The van der Waals surface area contributed by atoms with Crippen LogP contribution in [0.15, 0.2) is 46.6 Å². The molecule has 8 heteroatoms. The summed E-state index contributed by atoms with van der Waals surface area (Å²) in [6, 6.07) is 6.68. The monoisotopic (exact) mass is 299 g/mol. The largest absolute Gasteiger partial charge is 0.433 e. The molecule has 0 bridgehead atoms. The van der Waals surface area contributed by atoms with Crippen molar-refractivity contribution in [2.45, 2.75) is 16.2 Å². The van der Waals surface area contributed by atoms with Gasteiger partial charge in [0.05, 0.1) is 5.56 Å². The van der Waals surface area contributed by atoms with Gasteiger partial charge in [-0.3, -0.25) is 4.79 Å². The van der Waals surface area contributed by atoms with Gasteiger partial charge >= 0.3 is 6.18 Å². The number of hydrogen-bond donors (Lipinski definition) is 1. The highest BCUT2D eigenvalue weighted by Gasteiger charge is 2.33. The Labute approximate surface area is 116 Å². The summed E-state index contributed by atoms with van der Waals surface area (Å²) in [7, 11) is 0. The molecule has 104 valence electrons. The number of carbonyl (C=O) groups is 1. The minimum Gasteiger partial charge on any atom is -0.366 e. The molecule has 0 radical (unpaired) electrons. The molecule has 4 nitrogen and oxygen atoms in total. The molecule has 0 aliphatic rings. The normalized spacial score (nSPS) is 11.3. The van der Waals surface area contributed by atoms with Crippen LogP contribution in [0.2, 0.25) is 0 Å². The van der Waals surface area contributed by atoms with Gasteiger partial charge in [-0.25, -0.2) is 9.97 Å². The number of carbonyl (C=O) groups excluding carboxylic acids is 1. The van der Waals surface area contributed by atoms with E-state index in [9.17, 15) is 18.0 Å². The smallest absolute Gasteiger partial charge is 0.366 e. The van der Waals surface area contributed by atoms with Crippen molar-refractivity contribution in [1.29, 1.82) is 0 Å². The average molecular weight is 299 g/mol. The first-order valence-corrected chi connectivity index (χ1v) is 6.16. The van der Waals surface area contributed by atoms with E-state index in [0.29, 0.717) is 5.03 Å². The van der Waals surface area contributed by atoms with E-state index >= 15 is 0 Å². The van der Waals surface area contributed by atoms with Crippen molar-refractivity contribution in [3.8, 4) is 0 Å². The third-order valence-electron chi connectivity index (χ3n) is 2.26. The number of aromatic nitrogens is 2. The minimum atomic E-state index is -4.59. The standard InChI is InChI=1S/C12H8F3N3OS/c13-12(14,15)8-5-4-7(10(16)19)11(18-8)20-9-3-1-2-6-17-9/h1-6H,(H2,16,19). The van der Waals surface area contributed by atoms with Crippen molar-refractivity contribution in [2.24, 2.45) is 5.73 Å². The molecule has 0 aromatic carbocycles. The number of alkyl halides is 3. The third-order valence-corrected chi connectivity index (χ3v) is 3.21. The first-order chi connectivity index (χ1) is 9.38. The van der Waals surface area contributed by atoms with Crippen molar-refractivity contribution in [1.82, 2.24) is 9.97 Å². The van der Waals surface area contributed by atoms with Crippen LogP contribution in [-0.2, 0) is 6.18 Å². The first kappa shape index (κ1) is 14.3. The van der Waals surface area contributed by atoms with Gasteiger partial charge in [0.15, 0.2) is 0 Å². The van der Waals surface area contributed by atoms with E-state index in [1.54, 1.807) is 18.2 Å². The Bertz CT molecular complexity index is 632. The number of amides is 1. The maximum absolute atomic E-state index is 12.6. The SMILES string of the molecule is NC(=O)c1ccc(C(F)(F)F)nc1Sc1ccccn1. The second-order valence-corrected chi connectivity index (χ2v) is 4.69. The summed E-state index contributed by atoms with van der Waals surface area (Å²) in [6.07, 6.45) is -3.10. The lowest BCUT2D eigenvalue weighted by atomic mass is 10.2. The van der Waals surface area contributed by atoms with Crippen LogP contribution in [0.3, 0.4) is 0 Å². The molecule has 2 aromatic heterocycles. The Hall–Kier alpha value is -2.09. The van der Waals surface area contributed by atoms with Crippen LogP contribution in [0, 0.1) is 0 Å². The topological polar surface area (TPSA) is 68.9 Å². The van der Waals surface area contributed by atoms with E-state index in [4.69, 9.17) is 5.73 Å². The van der Waals surface area contributed by atoms with Gasteiger partial charge in [0, 0.05) is 6.20 Å². The van der Waals surface area contributed by atoms with Crippen LogP contribution in [0.25, 0.3) is 0 Å². The second kappa shape index (κ2) is 5.49. The van der Waals surface area contributed by atoms with Crippen LogP contribution < -0.4 is 5.73 Å². The third kappa shape index (κ3) is 3.27. The van der Waals surface area contributed by atoms with Crippen LogP contribution in [0.1, 0.15) is 16.1 Å². The molecule has 0 aliphatic heterocycles. The maximum atomic E-state index is 12.6. The van der Waals surface area contributed by atoms with Crippen LogP contribution in [0.4, 0.5) is 13.2 Å². The molecule has 0 fully saturated rings. The maximum Gasteiger partial charge on any atom is 0.433 e. The number of primary amides is 1. The van der Waals surface area contributed by atoms with Gasteiger partial charge in [0.1, 0.15) is 15.7 Å². The van der Waals surface area contributed by atoms with E-state index < -0.39 is 17.8 Å². The first-order valence-electron chi connectivity index (χ1n) is 5.35. The van der Waals surface area contributed by atoms with Crippen molar-refractivity contribution in [3.05, 3.63) is 47.8 Å². The number of halogens is 3. The molecule has 2 aromatic rings. The zero-order chi connectivity index (χ0) is 14.8. The minimum absolute atomic E-state index is 0.0753. The van der Waals surface area contributed by atoms with Crippen molar-refractivity contribution in [2.75, 3.05) is 0 Å². The Morgan fingerprint density at radius 3 is 2.50 bits per heavy atom. The van der Waals surface area contributed by atoms with E-state index in [-0.39, 0.29) is 10.6 Å². The van der Waals surface area contributed by atoms with Gasteiger partial charge in [0.25, 0.3) is 5.91 Å². The summed E-state index contributed by atoms with van der Waals surface area (Å²) < 4.78 is 37.9. The van der Waals surface area contributed by atoms with E-state index in [0.717, 1.165) is 23.9 Å². The molecule has 0 saturated carbocycles. The lowest BCUT2D eigenvalue weighted by Crippen LogP contribution is -2.16. The summed E-state index contributed by atoms with van der Waals surface area (Å²) in [6.45, 7) is 0. The lowest BCUT2D eigenvalue weighted by molar-refractivity contribution is -0.141. The predicted octanol–water partition coefficient (Wildman–Crippen LogP) is 2.75. The highest BCUT2D eigenvalue weighted by Crippen LogP contribution is 2.32. The van der Waals surface area contributed by atoms with Crippen LogP contribution in [0.5, 0.6) is 0 Å². The molecule has 0 saturated heterocycles. The summed E-state index contributed by atoms with van der Waals surface area (Å²) in [5.74, 6) is -0.843. The van der Waals surface area contributed by atoms with E-state index in [1.807, 2.05) is 0 Å². The Morgan fingerprint density at radius 1 is 1.20 bits per heavy atom. The summed E-state index contributed by atoms with van der Waals surface area (Å²) in [5.41, 5.74) is 3.98. The number of nitrogens with two attached hydrogens (primary N) is 1. The molecule has 0 spiro atoms. The molecule has 1 amide bonds. The zero-order valence-electron chi connectivity index (χ0n) is 9.89. The van der Waals surface area contributed by atoms with E-state index in [1.165, 1.54) is 6.20 Å². The molecular formula is C12H8F3N3OS. The predicted molar refractivity (Wildman–Crippen MR) is 66.1 cm³/mol. The van der Waals surface area contributed by atoms with Gasteiger partial charge in [-0.1, -0.05) is 6.07 Å². The average Bonchev–Trinajstić information content (AvgIpc) is 2.38. The van der Waals surface area contributed by atoms with Gasteiger partial charge in [0.2, 0.25) is 0 Å². The van der Waals surface area contributed by atoms with E-state index in [2.05, 4.69) is 9.97 Å². The summed E-state index contributed by atoms with van der Waals surface area (Å²) >= 11 is 0.850. The molecular weight excluding hydrogens is 291 g/mol. The Morgan fingerprint density at radius 2 is 1.95 bits per heavy atom. The quantitative estimate of drug-likeness (QED) is 0.946. The molecule has 0 atom stereocenters. The van der Waals surface area contributed by atoms with Crippen LogP contribution >= 0.6 is 11.8 Å². The molecule has 2 N–H and O–H groups in total. The number of nitrogens with zero attached hydrogens (tertiary/aromatic N) is 2. The number of hydrogen-bond acceptors (Lipinski definition) is 4. The summed E-state index contributed by atoms with van der Waals surface area (Å²) in [5, 5.41) is 0.299. The van der Waals surface area contributed by atoms with Crippen LogP contribution in [-0.4, -0.2) is 15.9 Å². The highest BCUT2D eigenvalue weighted by molar-refractivity contribution is 7.99. The zero-order valence-corrected chi connectivity index (χ0v) is 10.7. The number of pyridine rings is 2. The van der Waals surface area contributed by atoms with Gasteiger partial charge in [-0.15, -0.1) is 0 Å². The fraction of sp³-hybridized carbons (Fsp3) is 0.0833. The highest BCUT2D eigenvalue weighted by atomic mass is 32.2. The fourth-order valence-corrected chi connectivity index (χ4v) is 2.25. The lowest BCUT2D eigenvalue weighted by Gasteiger charge is -2.10. The molecule has 20 heavy (non-hydrogen) atoms. The van der Waals surface area contributed by atoms with Gasteiger partial charge in [-0.05, 0) is 36.0 Å². The van der Waals surface area contributed by atoms with Crippen molar-refractivity contribution >= 4 is 17.7 Å². The van der Waals surface area contributed by atoms with Crippen molar-refractivity contribution < 1.29 is 18.0 Å². The molecule has 0 aliphatic carbocycles.